The first-order chi connectivity index (χ1) is 12.5. The largest absolute Gasteiger partial charge is 0.449 e. The summed E-state index contributed by atoms with van der Waals surface area (Å²) >= 11 is 0. The van der Waals surface area contributed by atoms with Crippen LogP contribution in [0.5, 0.6) is 0 Å². The van der Waals surface area contributed by atoms with Crippen molar-refractivity contribution in [3.63, 3.8) is 0 Å². The normalized spacial score (nSPS) is 10.4. The van der Waals surface area contributed by atoms with Gasteiger partial charge >= 0.3 is 5.97 Å². The highest BCUT2D eigenvalue weighted by atomic mass is 16.5. The Bertz CT molecular complexity index is 655. The Kier molecular flexibility index (Phi) is 11.7. The molecule has 0 bridgehead atoms. The number of esters is 1. The van der Waals surface area contributed by atoms with Gasteiger partial charge in [-0.25, -0.2) is 0 Å². The van der Waals surface area contributed by atoms with Crippen LogP contribution in [0.25, 0.3) is 0 Å². The standard InChI is InChI=1S/C19H20O3.2C2H6/c1-4-15-7-11-17(12-8-15)19(22-14(3)20)18(21)16-9-5-13(2)6-10-16;2*1-2/h5-12,19H,4H2,1-3H3;2*1-2H3. The van der Waals surface area contributed by atoms with Crippen LogP contribution >= 0.6 is 0 Å². The Morgan fingerprint density at radius 3 is 1.81 bits per heavy atom. The molecule has 3 heteroatoms. The number of carbonyl (C=O) groups excluding carboxylic acids is 2. The van der Waals surface area contributed by atoms with E-state index in [2.05, 4.69) is 6.92 Å². The first-order valence-corrected chi connectivity index (χ1v) is 9.38. The summed E-state index contributed by atoms with van der Waals surface area (Å²) in [7, 11) is 0. The van der Waals surface area contributed by atoms with Crippen molar-refractivity contribution in [1.29, 1.82) is 0 Å². The molecule has 0 aliphatic heterocycles. The first kappa shape index (κ1) is 23.6. The van der Waals surface area contributed by atoms with E-state index >= 15 is 0 Å². The molecule has 0 aliphatic rings. The van der Waals surface area contributed by atoms with Crippen LogP contribution in [0.2, 0.25) is 0 Å². The van der Waals surface area contributed by atoms with Gasteiger partial charge in [0, 0.05) is 18.1 Å². The van der Waals surface area contributed by atoms with Crippen LogP contribution in [0.15, 0.2) is 48.5 Å². The van der Waals surface area contributed by atoms with Crippen molar-refractivity contribution in [2.75, 3.05) is 0 Å². The van der Waals surface area contributed by atoms with E-state index in [4.69, 9.17) is 4.74 Å². The maximum absolute atomic E-state index is 12.7. The van der Waals surface area contributed by atoms with Crippen LogP contribution in [0.1, 0.15) is 74.7 Å². The van der Waals surface area contributed by atoms with Crippen LogP contribution in [-0.4, -0.2) is 11.8 Å². The van der Waals surface area contributed by atoms with Crippen molar-refractivity contribution < 1.29 is 14.3 Å². The van der Waals surface area contributed by atoms with Crippen LogP contribution < -0.4 is 0 Å². The van der Waals surface area contributed by atoms with Crippen molar-refractivity contribution in [3.8, 4) is 0 Å². The van der Waals surface area contributed by atoms with Gasteiger partial charge in [-0.3, -0.25) is 9.59 Å². The molecule has 2 aromatic carbocycles. The molecule has 0 saturated heterocycles. The number of ether oxygens (including phenoxy) is 1. The summed E-state index contributed by atoms with van der Waals surface area (Å²) in [4.78, 5) is 24.0. The molecule has 26 heavy (non-hydrogen) atoms. The minimum atomic E-state index is -0.897. The average molecular weight is 357 g/mol. The Balaban J connectivity index is 0.00000146. The quantitative estimate of drug-likeness (QED) is 0.480. The molecule has 0 spiro atoms. The van der Waals surface area contributed by atoms with E-state index in [0.717, 1.165) is 12.0 Å². The van der Waals surface area contributed by atoms with Gasteiger partial charge in [0.05, 0.1) is 0 Å². The zero-order chi connectivity index (χ0) is 20.1. The Morgan fingerprint density at radius 1 is 0.885 bits per heavy atom. The van der Waals surface area contributed by atoms with Gasteiger partial charge in [-0.1, -0.05) is 88.7 Å². The SMILES string of the molecule is CC.CC.CCc1ccc(C(OC(C)=O)C(=O)c2ccc(C)cc2)cc1. The molecule has 0 heterocycles. The molecule has 0 amide bonds. The van der Waals surface area contributed by atoms with Crippen molar-refractivity contribution in [1.82, 2.24) is 0 Å². The lowest BCUT2D eigenvalue weighted by atomic mass is 9.98. The van der Waals surface area contributed by atoms with Crippen LogP contribution in [0.3, 0.4) is 0 Å². The molecule has 0 saturated carbocycles. The second kappa shape index (κ2) is 12.9. The second-order valence-electron chi connectivity index (χ2n) is 5.31. The van der Waals surface area contributed by atoms with E-state index in [0.29, 0.717) is 11.1 Å². The van der Waals surface area contributed by atoms with Gasteiger partial charge in [-0.2, -0.15) is 0 Å². The lowest BCUT2D eigenvalue weighted by Crippen LogP contribution is -2.19. The molecule has 0 aromatic heterocycles. The van der Waals surface area contributed by atoms with Crippen LogP contribution in [0.4, 0.5) is 0 Å². The highest BCUT2D eigenvalue weighted by Gasteiger charge is 2.25. The van der Waals surface area contributed by atoms with E-state index in [1.165, 1.54) is 12.5 Å². The molecule has 0 aliphatic carbocycles. The number of ketones is 1. The van der Waals surface area contributed by atoms with Gasteiger partial charge in [0.25, 0.3) is 0 Å². The second-order valence-corrected chi connectivity index (χ2v) is 5.31. The fourth-order valence-corrected chi connectivity index (χ4v) is 2.24. The molecule has 1 unspecified atom stereocenters. The molecule has 1 atom stereocenters. The van der Waals surface area contributed by atoms with Gasteiger partial charge in [0.2, 0.25) is 5.78 Å². The van der Waals surface area contributed by atoms with Gasteiger partial charge in [-0.05, 0) is 18.9 Å². The summed E-state index contributed by atoms with van der Waals surface area (Å²) in [5.41, 5.74) is 3.48. The predicted octanol–water partition coefficient (Wildman–Crippen LogP) is 6.10. The zero-order valence-electron chi connectivity index (χ0n) is 17.1. The minimum Gasteiger partial charge on any atom is -0.449 e. The summed E-state index contributed by atoms with van der Waals surface area (Å²) in [6.45, 7) is 13.3. The maximum atomic E-state index is 12.7. The topological polar surface area (TPSA) is 43.4 Å². The lowest BCUT2D eigenvalue weighted by Gasteiger charge is -2.17. The smallest absolute Gasteiger partial charge is 0.303 e. The number of hydrogen-bond acceptors (Lipinski definition) is 3. The monoisotopic (exact) mass is 356 g/mol. The van der Waals surface area contributed by atoms with E-state index in [1.807, 2.05) is 71.0 Å². The number of hydrogen-bond donors (Lipinski definition) is 0. The molecular formula is C23H32O3. The summed E-state index contributed by atoms with van der Waals surface area (Å²) < 4.78 is 5.27. The maximum Gasteiger partial charge on any atom is 0.303 e. The summed E-state index contributed by atoms with van der Waals surface area (Å²) in [5, 5.41) is 0. The van der Waals surface area contributed by atoms with Crippen molar-refractivity contribution in [2.45, 2.75) is 61.0 Å². The number of aryl methyl sites for hydroxylation is 2. The summed E-state index contributed by atoms with van der Waals surface area (Å²) in [6.07, 6.45) is 0.0239. The molecule has 3 nitrogen and oxygen atoms in total. The minimum absolute atomic E-state index is 0.209. The van der Waals surface area contributed by atoms with Crippen LogP contribution in [0, 0.1) is 6.92 Å². The Morgan fingerprint density at radius 2 is 1.38 bits per heavy atom. The average Bonchev–Trinajstić information content (AvgIpc) is 2.69. The molecule has 0 N–H and O–H groups in total. The lowest BCUT2D eigenvalue weighted by molar-refractivity contribution is -0.144. The van der Waals surface area contributed by atoms with Crippen molar-refractivity contribution in [3.05, 3.63) is 70.8 Å². The van der Waals surface area contributed by atoms with Crippen LogP contribution in [-0.2, 0) is 16.0 Å². The Hall–Kier alpha value is -2.42. The molecule has 142 valence electrons. The Labute approximate surface area is 158 Å². The number of benzene rings is 2. The number of rotatable bonds is 5. The van der Waals surface area contributed by atoms with E-state index < -0.39 is 12.1 Å². The van der Waals surface area contributed by atoms with E-state index in [9.17, 15) is 9.59 Å². The fraction of sp³-hybridized carbons (Fsp3) is 0.391. The molecular weight excluding hydrogens is 324 g/mol. The predicted molar refractivity (Wildman–Crippen MR) is 109 cm³/mol. The molecule has 0 radical (unpaired) electrons. The van der Waals surface area contributed by atoms with E-state index in [-0.39, 0.29) is 5.78 Å². The zero-order valence-corrected chi connectivity index (χ0v) is 17.1. The third-order valence-electron chi connectivity index (χ3n) is 3.55. The van der Waals surface area contributed by atoms with Gasteiger partial charge in [0.1, 0.15) is 0 Å². The molecule has 2 aromatic rings. The fourth-order valence-electron chi connectivity index (χ4n) is 2.24. The highest BCUT2D eigenvalue weighted by Crippen LogP contribution is 2.23. The first-order valence-electron chi connectivity index (χ1n) is 9.38. The highest BCUT2D eigenvalue weighted by molar-refractivity contribution is 6.00. The summed E-state index contributed by atoms with van der Waals surface area (Å²) in [5.74, 6) is -0.676. The van der Waals surface area contributed by atoms with E-state index in [1.54, 1.807) is 12.1 Å². The molecule has 2 rings (SSSR count). The number of Topliss-reactive ketones (excluding diaryl/α,β-unsaturated/α-hetero) is 1. The third kappa shape index (κ3) is 7.22. The van der Waals surface area contributed by atoms with Gasteiger partial charge < -0.3 is 4.74 Å². The third-order valence-corrected chi connectivity index (χ3v) is 3.55. The summed E-state index contributed by atoms with van der Waals surface area (Å²) in [6, 6.07) is 14.9. The van der Waals surface area contributed by atoms with Gasteiger partial charge in [-0.15, -0.1) is 0 Å². The van der Waals surface area contributed by atoms with Crippen molar-refractivity contribution in [2.24, 2.45) is 0 Å². The molecule has 0 fully saturated rings. The van der Waals surface area contributed by atoms with Gasteiger partial charge in [0.15, 0.2) is 6.10 Å². The van der Waals surface area contributed by atoms with Crippen molar-refractivity contribution >= 4 is 11.8 Å². The number of carbonyl (C=O) groups is 2.